The van der Waals surface area contributed by atoms with Crippen molar-refractivity contribution in [1.29, 1.82) is 0 Å². The second kappa shape index (κ2) is 20.9. The summed E-state index contributed by atoms with van der Waals surface area (Å²) < 4.78 is 0. The largest absolute Gasteiger partial charge is 0.265 e. The van der Waals surface area contributed by atoms with Gasteiger partial charge in [-0.3, -0.25) is 29.9 Å². The van der Waals surface area contributed by atoms with Crippen LogP contribution in [-0.2, 0) is 0 Å². The van der Waals surface area contributed by atoms with Crippen LogP contribution in [0.1, 0.15) is 0 Å². The third-order valence-electron chi connectivity index (χ3n) is 16.8. The molecule has 0 aliphatic carbocycles. The maximum absolute atomic E-state index is 5.22. The van der Waals surface area contributed by atoms with Crippen molar-refractivity contribution in [2.24, 2.45) is 0 Å². The molecular weight excluding hydrogens is 1080 g/mol. The Kier molecular flexibility index (Phi) is 12.0. The molecule has 10 aromatic heterocycles. The average Bonchev–Trinajstić information content (AvgIpc) is 2.66. The van der Waals surface area contributed by atoms with Gasteiger partial charge >= 0.3 is 0 Å². The van der Waals surface area contributed by atoms with Gasteiger partial charge in [0.2, 0.25) is 0 Å². The minimum Gasteiger partial charge on any atom is -0.265 e. The molecule has 0 atom stereocenters. The third kappa shape index (κ3) is 8.57. The highest BCUT2D eigenvalue weighted by Crippen LogP contribution is 2.41. The highest BCUT2D eigenvalue weighted by atomic mass is 14.8. The molecule has 0 saturated heterocycles. The van der Waals surface area contributed by atoms with Gasteiger partial charge in [-0.15, -0.1) is 0 Å². The van der Waals surface area contributed by atoms with Crippen molar-refractivity contribution in [2.45, 2.75) is 0 Å². The van der Waals surface area contributed by atoms with E-state index in [2.05, 4.69) is 218 Å². The summed E-state index contributed by atoms with van der Waals surface area (Å²) >= 11 is 0. The van der Waals surface area contributed by atoms with Gasteiger partial charge in [0.1, 0.15) is 0 Å². The van der Waals surface area contributed by atoms with Crippen LogP contribution in [-0.4, -0.2) is 49.8 Å². The van der Waals surface area contributed by atoms with Gasteiger partial charge in [0, 0.05) is 131 Å². The number of nitrogens with zero attached hydrogens (tertiary/aromatic N) is 10. The van der Waals surface area contributed by atoms with E-state index in [4.69, 9.17) is 19.9 Å². The van der Waals surface area contributed by atoms with Crippen molar-refractivity contribution in [2.75, 3.05) is 0 Å². The van der Waals surface area contributed by atoms with Crippen LogP contribution in [0.5, 0.6) is 0 Å². The molecule has 408 valence electrons. The maximum atomic E-state index is 5.22. The van der Waals surface area contributed by atoms with E-state index in [1.165, 1.54) is 0 Å². The summed E-state index contributed by atoms with van der Waals surface area (Å²) in [5, 5.41) is 10.8. The van der Waals surface area contributed by atoms with E-state index >= 15 is 0 Å². The van der Waals surface area contributed by atoms with Crippen molar-refractivity contribution in [1.82, 2.24) is 49.8 Å². The number of para-hydroxylation sites is 2. The van der Waals surface area contributed by atoms with Crippen LogP contribution in [0.25, 0.3) is 176 Å². The third-order valence-corrected chi connectivity index (χ3v) is 16.8. The van der Waals surface area contributed by atoms with Gasteiger partial charge in [0.05, 0.1) is 66.6 Å². The summed E-state index contributed by atoms with van der Waals surface area (Å²) in [5.41, 5.74) is 22.0. The van der Waals surface area contributed by atoms with E-state index in [-0.39, 0.29) is 0 Å². The van der Waals surface area contributed by atoms with Crippen molar-refractivity contribution in [3.8, 4) is 67.0 Å². The molecule has 88 heavy (non-hydrogen) atoms. The second-order valence-electron chi connectivity index (χ2n) is 21.9. The Labute approximate surface area is 503 Å². The summed E-state index contributed by atoms with van der Waals surface area (Å²) in [6, 6.07) is 79.9. The number of aromatic nitrogens is 10. The van der Waals surface area contributed by atoms with E-state index in [0.29, 0.717) is 0 Å². The van der Waals surface area contributed by atoms with Crippen molar-refractivity contribution in [3.05, 3.63) is 280 Å². The van der Waals surface area contributed by atoms with Crippen LogP contribution in [0.3, 0.4) is 0 Å². The summed E-state index contributed by atoms with van der Waals surface area (Å²) in [6.45, 7) is 0. The smallest absolute Gasteiger partial charge is 0.0978 e. The number of benzene rings is 8. The normalized spacial score (nSPS) is 11.6. The molecule has 0 aliphatic rings. The lowest BCUT2D eigenvalue weighted by atomic mass is 9.95. The van der Waals surface area contributed by atoms with E-state index in [1.54, 1.807) is 6.20 Å². The Bertz CT molecular complexity index is 5440. The molecule has 0 spiro atoms. The van der Waals surface area contributed by atoms with Gasteiger partial charge in [-0.05, 0) is 107 Å². The number of pyridine rings is 10. The summed E-state index contributed by atoms with van der Waals surface area (Å²) in [4.78, 5) is 47.9. The number of fused-ring (bicyclic) bond motifs is 14. The van der Waals surface area contributed by atoms with E-state index in [1.807, 2.05) is 85.8 Å². The van der Waals surface area contributed by atoms with Crippen molar-refractivity contribution >= 4 is 109 Å². The first-order chi connectivity index (χ1) is 43.6. The molecule has 0 bridgehead atoms. The summed E-state index contributed by atoms with van der Waals surface area (Å²) in [6.07, 6.45) is 14.7. The van der Waals surface area contributed by atoms with Gasteiger partial charge in [0.25, 0.3) is 0 Å². The van der Waals surface area contributed by atoms with Crippen LogP contribution in [0, 0.1) is 0 Å². The lowest BCUT2D eigenvalue weighted by Crippen LogP contribution is -1.93. The molecular formula is C78H46N10. The molecule has 10 nitrogen and oxygen atoms in total. The molecule has 10 heterocycles. The zero-order chi connectivity index (χ0) is 58.1. The SMILES string of the molecule is c1cnc2c(c1)cc(-c1ccc(-c3ccc4ccc5c(-c6ccncc6)c6ccccc6nc5c4n3)cc1)c1cccnc12.c1cncc(-c2c3ccccc3nc3c2ccc2ccc(-c4ccc(-c5cc6cccnc6c6ncccc56)cc4)nc23)c1. The number of rotatable bonds is 6. The lowest BCUT2D eigenvalue weighted by molar-refractivity contribution is 1.33. The van der Waals surface area contributed by atoms with Gasteiger partial charge < -0.3 is 0 Å². The zero-order valence-electron chi connectivity index (χ0n) is 47.0. The number of hydrogen-bond donors (Lipinski definition) is 0. The van der Waals surface area contributed by atoms with Crippen molar-refractivity contribution < 1.29 is 0 Å². The maximum Gasteiger partial charge on any atom is 0.0978 e. The molecule has 0 N–H and O–H groups in total. The Hall–Kier alpha value is -12.1. The Balaban J connectivity index is 0.000000137. The molecule has 0 amide bonds. The van der Waals surface area contributed by atoms with Gasteiger partial charge in [-0.2, -0.15) is 0 Å². The average molecular weight is 1120 g/mol. The Morgan fingerprint density at radius 2 is 0.648 bits per heavy atom. The van der Waals surface area contributed by atoms with Crippen LogP contribution in [0.15, 0.2) is 280 Å². The van der Waals surface area contributed by atoms with Crippen LogP contribution < -0.4 is 0 Å². The minimum absolute atomic E-state index is 0.888. The summed E-state index contributed by atoms with van der Waals surface area (Å²) in [7, 11) is 0. The molecule has 8 aromatic carbocycles. The van der Waals surface area contributed by atoms with Gasteiger partial charge in [0.15, 0.2) is 0 Å². The van der Waals surface area contributed by atoms with Crippen LogP contribution >= 0.6 is 0 Å². The van der Waals surface area contributed by atoms with Crippen LogP contribution in [0.2, 0.25) is 0 Å². The molecule has 10 heteroatoms. The minimum atomic E-state index is 0.888. The first-order valence-electron chi connectivity index (χ1n) is 29.2. The fourth-order valence-corrected chi connectivity index (χ4v) is 12.7. The second-order valence-corrected chi connectivity index (χ2v) is 21.9. The van der Waals surface area contributed by atoms with E-state index < -0.39 is 0 Å². The Morgan fingerprint density at radius 3 is 1.15 bits per heavy atom. The quantitative estimate of drug-likeness (QED) is 0.117. The fraction of sp³-hybridized carbons (Fsp3) is 0. The van der Waals surface area contributed by atoms with E-state index in [9.17, 15) is 0 Å². The monoisotopic (exact) mass is 1120 g/mol. The topological polar surface area (TPSA) is 129 Å². The molecule has 18 rings (SSSR count). The zero-order valence-corrected chi connectivity index (χ0v) is 47.0. The van der Waals surface area contributed by atoms with Crippen LogP contribution in [0.4, 0.5) is 0 Å². The standard InChI is InChI=1S/2C39H23N5/c1-2-10-34-30(8-1)35(28-7-3-19-40-23-28)31-17-15-26-16-18-33(43-37(26)39(31)44-34)25-13-11-24(12-14-25)32-22-27-6-4-20-41-36(27)38-29(32)9-5-21-42-38;1-2-8-34-30(6-1)35(26-17-21-40-22-18-26)31-15-13-27-14-16-33(43-37(27)39(31)44-34)25-11-9-24(10-12-25)32-23-28-5-3-19-41-36(28)38-29(32)7-4-20-42-38/h2*1-23H. The first-order valence-corrected chi connectivity index (χ1v) is 29.2. The summed E-state index contributed by atoms with van der Waals surface area (Å²) in [5.74, 6) is 0. The lowest BCUT2D eigenvalue weighted by Gasteiger charge is -2.13. The fourth-order valence-electron chi connectivity index (χ4n) is 12.7. The molecule has 0 saturated carbocycles. The molecule has 0 radical (unpaired) electrons. The molecule has 0 aliphatic heterocycles. The molecule has 0 fully saturated rings. The predicted molar refractivity (Wildman–Crippen MR) is 359 cm³/mol. The van der Waals surface area contributed by atoms with E-state index in [0.717, 1.165) is 176 Å². The molecule has 0 unspecified atom stereocenters. The first kappa shape index (κ1) is 50.4. The number of hydrogen-bond acceptors (Lipinski definition) is 10. The predicted octanol–water partition coefficient (Wildman–Crippen LogP) is 18.9. The Morgan fingerprint density at radius 1 is 0.216 bits per heavy atom. The highest BCUT2D eigenvalue weighted by molar-refractivity contribution is 6.18. The molecule has 18 aromatic rings. The highest BCUT2D eigenvalue weighted by Gasteiger charge is 2.19. The van der Waals surface area contributed by atoms with Crippen molar-refractivity contribution in [3.63, 3.8) is 0 Å². The van der Waals surface area contributed by atoms with Gasteiger partial charge in [-0.25, -0.2) is 19.9 Å². The van der Waals surface area contributed by atoms with Gasteiger partial charge in [-0.1, -0.05) is 152 Å².